The van der Waals surface area contributed by atoms with Crippen LogP contribution in [0.5, 0.6) is 0 Å². The highest BCUT2D eigenvalue weighted by atomic mass is 32.2. The van der Waals surface area contributed by atoms with E-state index in [1.807, 2.05) is 13.8 Å². The zero-order valence-corrected chi connectivity index (χ0v) is 12.4. The molecule has 1 rings (SSSR count). The average Bonchev–Trinajstić information content (AvgIpc) is 2.42. The van der Waals surface area contributed by atoms with Gasteiger partial charge in [0, 0.05) is 24.2 Å². The highest BCUT2D eigenvalue weighted by molar-refractivity contribution is 8.00. The van der Waals surface area contributed by atoms with Gasteiger partial charge in [0.25, 0.3) is 0 Å². The number of thioether (sulfide) groups is 1. The number of amides is 1. The van der Waals surface area contributed by atoms with Gasteiger partial charge in [0.05, 0.1) is 5.75 Å². The molecule has 1 N–H and O–H groups in total. The zero-order valence-electron chi connectivity index (χ0n) is 11.6. The fourth-order valence-electron chi connectivity index (χ4n) is 1.56. The van der Waals surface area contributed by atoms with Crippen molar-refractivity contribution in [3.8, 4) is 0 Å². The van der Waals surface area contributed by atoms with Gasteiger partial charge in [-0.05, 0) is 26.0 Å². The molecule has 0 fully saturated rings. The van der Waals surface area contributed by atoms with E-state index in [0.29, 0.717) is 13.1 Å². The maximum absolute atomic E-state index is 12.0. The number of aromatic carboxylic acids is 1. The SMILES string of the molecule is C=C(C)CN(CC)C(=O)CSc1ccnc(C(=O)O)c1. The first kappa shape index (κ1) is 16.2. The summed E-state index contributed by atoms with van der Waals surface area (Å²) in [6.07, 6.45) is 1.43. The third-order valence-electron chi connectivity index (χ3n) is 2.51. The van der Waals surface area contributed by atoms with Crippen LogP contribution in [0.3, 0.4) is 0 Å². The van der Waals surface area contributed by atoms with Crippen molar-refractivity contribution in [2.24, 2.45) is 0 Å². The van der Waals surface area contributed by atoms with Gasteiger partial charge in [-0.2, -0.15) is 0 Å². The molecule has 0 atom stereocenters. The van der Waals surface area contributed by atoms with Crippen LogP contribution in [-0.2, 0) is 4.79 Å². The Kier molecular flexibility index (Phi) is 6.24. The van der Waals surface area contributed by atoms with Crippen molar-refractivity contribution in [3.63, 3.8) is 0 Å². The molecule has 0 spiro atoms. The van der Waals surface area contributed by atoms with Gasteiger partial charge < -0.3 is 10.0 Å². The van der Waals surface area contributed by atoms with E-state index < -0.39 is 5.97 Å². The first-order valence-corrected chi connectivity index (χ1v) is 7.17. The lowest BCUT2D eigenvalue weighted by Gasteiger charge is -2.20. The maximum atomic E-state index is 12.0. The third-order valence-corrected chi connectivity index (χ3v) is 3.49. The Hall–Kier alpha value is -1.82. The van der Waals surface area contributed by atoms with Gasteiger partial charge >= 0.3 is 5.97 Å². The molecule has 1 aromatic heterocycles. The number of pyridine rings is 1. The molecule has 0 bridgehead atoms. The number of rotatable bonds is 7. The summed E-state index contributed by atoms with van der Waals surface area (Å²) in [5.41, 5.74) is 0.916. The van der Waals surface area contributed by atoms with Gasteiger partial charge in [0.1, 0.15) is 5.69 Å². The number of carboxylic acid groups (broad SMARTS) is 1. The number of hydrogen-bond acceptors (Lipinski definition) is 4. The maximum Gasteiger partial charge on any atom is 0.354 e. The average molecular weight is 294 g/mol. The Morgan fingerprint density at radius 1 is 1.50 bits per heavy atom. The first-order valence-electron chi connectivity index (χ1n) is 6.18. The number of likely N-dealkylation sites (N-methyl/N-ethyl adjacent to an activating group) is 1. The molecule has 6 heteroatoms. The standard InChI is InChI=1S/C14H18N2O3S/c1-4-16(8-10(2)3)13(17)9-20-11-5-6-15-12(7-11)14(18)19/h5-7H,2,4,8-9H2,1,3H3,(H,18,19). The summed E-state index contributed by atoms with van der Waals surface area (Å²) in [6.45, 7) is 8.77. The van der Waals surface area contributed by atoms with E-state index in [4.69, 9.17) is 5.11 Å². The van der Waals surface area contributed by atoms with Crippen molar-refractivity contribution in [2.45, 2.75) is 18.7 Å². The van der Waals surface area contributed by atoms with Crippen LogP contribution in [0.2, 0.25) is 0 Å². The fraction of sp³-hybridized carbons (Fsp3) is 0.357. The lowest BCUT2D eigenvalue weighted by atomic mass is 10.3. The van der Waals surface area contributed by atoms with Crippen molar-refractivity contribution in [2.75, 3.05) is 18.8 Å². The second kappa shape index (κ2) is 7.69. The highest BCUT2D eigenvalue weighted by Crippen LogP contribution is 2.18. The number of nitrogens with zero attached hydrogens (tertiary/aromatic N) is 2. The van der Waals surface area contributed by atoms with Gasteiger partial charge in [-0.3, -0.25) is 4.79 Å². The number of carbonyl (C=O) groups is 2. The van der Waals surface area contributed by atoms with Crippen molar-refractivity contribution in [3.05, 3.63) is 36.2 Å². The van der Waals surface area contributed by atoms with E-state index in [9.17, 15) is 9.59 Å². The monoisotopic (exact) mass is 294 g/mol. The largest absolute Gasteiger partial charge is 0.477 e. The Balaban J connectivity index is 2.62. The van der Waals surface area contributed by atoms with E-state index in [2.05, 4.69) is 11.6 Å². The van der Waals surface area contributed by atoms with Gasteiger partial charge in [-0.1, -0.05) is 12.2 Å². The van der Waals surface area contributed by atoms with Crippen molar-refractivity contribution in [1.82, 2.24) is 9.88 Å². The normalized spacial score (nSPS) is 10.1. The highest BCUT2D eigenvalue weighted by Gasteiger charge is 2.12. The van der Waals surface area contributed by atoms with Crippen LogP contribution >= 0.6 is 11.8 Å². The minimum Gasteiger partial charge on any atom is -0.477 e. The Morgan fingerprint density at radius 3 is 2.75 bits per heavy atom. The molecular weight excluding hydrogens is 276 g/mol. The van der Waals surface area contributed by atoms with E-state index in [1.54, 1.807) is 11.0 Å². The molecule has 1 heterocycles. The summed E-state index contributed by atoms with van der Waals surface area (Å²) in [4.78, 5) is 29.0. The first-order chi connectivity index (χ1) is 9.43. The van der Waals surface area contributed by atoms with Crippen LogP contribution in [0.15, 0.2) is 35.4 Å². The molecule has 5 nitrogen and oxygen atoms in total. The number of carboxylic acids is 1. The molecule has 0 aliphatic heterocycles. The minimum atomic E-state index is -1.07. The lowest BCUT2D eigenvalue weighted by molar-refractivity contribution is -0.127. The summed E-state index contributed by atoms with van der Waals surface area (Å²) in [5, 5.41) is 8.86. The number of carbonyl (C=O) groups excluding carboxylic acids is 1. The van der Waals surface area contributed by atoms with Gasteiger partial charge in [-0.25, -0.2) is 9.78 Å². The zero-order chi connectivity index (χ0) is 15.1. The third kappa shape index (κ3) is 5.05. The summed E-state index contributed by atoms with van der Waals surface area (Å²) < 4.78 is 0. The van der Waals surface area contributed by atoms with E-state index in [-0.39, 0.29) is 17.4 Å². The molecule has 0 aliphatic rings. The van der Waals surface area contributed by atoms with Crippen LogP contribution in [-0.4, -0.2) is 45.7 Å². The smallest absolute Gasteiger partial charge is 0.354 e. The summed E-state index contributed by atoms with van der Waals surface area (Å²) in [5.74, 6) is -0.796. The molecule has 0 unspecified atom stereocenters. The van der Waals surface area contributed by atoms with Crippen LogP contribution in [0.4, 0.5) is 0 Å². The van der Waals surface area contributed by atoms with Crippen molar-refractivity contribution >= 4 is 23.6 Å². The summed E-state index contributed by atoms with van der Waals surface area (Å²) >= 11 is 1.31. The van der Waals surface area contributed by atoms with Crippen molar-refractivity contribution in [1.29, 1.82) is 0 Å². The molecule has 0 saturated heterocycles. The summed E-state index contributed by atoms with van der Waals surface area (Å²) in [6, 6.07) is 3.16. The molecule has 1 amide bonds. The molecule has 20 heavy (non-hydrogen) atoms. The predicted octanol–water partition coefficient (Wildman–Crippen LogP) is 2.30. The molecule has 108 valence electrons. The van der Waals surface area contributed by atoms with Gasteiger partial charge in [0.15, 0.2) is 0 Å². The van der Waals surface area contributed by atoms with Crippen molar-refractivity contribution < 1.29 is 14.7 Å². The molecule has 0 radical (unpaired) electrons. The van der Waals surface area contributed by atoms with Crippen LogP contribution in [0.1, 0.15) is 24.3 Å². The lowest BCUT2D eigenvalue weighted by Crippen LogP contribution is -2.33. The fourth-order valence-corrected chi connectivity index (χ4v) is 2.38. The topological polar surface area (TPSA) is 70.5 Å². The number of hydrogen-bond donors (Lipinski definition) is 1. The van der Waals surface area contributed by atoms with Gasteiger partial charge in [0.2, 0.25) is 5.91 Å². The minimum absolute atomic E-state index is 0.00851. The Bertz CT molecular complexity index is 517. The Labute approximate surface area is 122 Å². The molecule has 0 aromatic carbocycles. The molecule has 0 saturated carbocycles. The van der Waals surface area contributed by atoms with E-state index in [1.165, 1.54) is 24.0 Å². The summed E-state index contributed by atoms with van der Waals surface area (Å²) in [7, 11) is 0. The molecular formula is C14H18N2O3S. The van der Waals surface area contributed by atoms with E-state index >= 15 is 0 Å². The second-order valence-electron chi connectivity index (χ2n) is 4.34. The molecule has 1 aromatic rings. The van der Waals surface area contributed by atoms with Gasteiger partial charge in [-0.15, -0.1) is 11.8 Å². The predicted molar refractivity (Wildman–Crippen MR) is 79.0 cm³/mol. The number of aromatic nitrogens is 1. The van der Waals surface area contributed by atoms with E-state index in [0.717, 1.165) is 10.5 Å². The van der Waals surface area contributed by atoms with Crippen LogP contribution in [0, 0.1) is 0 Å². The van der Waals surface area contributed by atoms with Crippen LogP contribution in [0.25, 0.3) is 0 Å². The Morgan fingerprint density at radius 2 is 2.20 bits per heavy atom. The molecule has 0 aliphatic carbocycles. The van der Waals surface area contributed by atoms with Crippen LogP contribution < -0.4 is 0 Å². The second-order valence-corrected chi connectivity index (χ2v) is 5.38. The quantitative estimate of drug-likeness (QED) is 0.617.